The molecule has 1 aromatic carbocycles. The van der Waals surface area contributed by atoms with Gasteiger partial charge in [-0.05, 0) is 32.0 Å². The molecular formula is C14H18N2O3. The summed E-state index contributed by atoms with van der Waals surface area (Å²) in [5.74, 6) is 1.84. The molecule has 102 valence electrons. The van der Waals surface area contributed by atoms with E-state index in [0.29, 0.717) is 17.4 Å². The van der Waals surface area contributed by atoms with E-state index in [2.05, 4.69) is 10.5 Å². The van der Waals surface area contributed by atoms with Gasteiger partial charge in [0.05, 0.1) is 19.9 Å². The summed E-state index contributed by atoms with van der Waals surface area (Å²) in [6, 6.07) is 3.80. The maximum Gasteiger partial charge on any atom is 0.171 e. The Kier molecular flexibility index (Phi) is 3.29. The number of benzene rings is 1. The first-order valence-corrected chi connectivity index (χ1v) is 6.55. The van der Waals surface area contributed by atoms with Crippen molar-refractivity contribution in [3.63, 3.8) is 0 Å². The van der Waals surface area contributed by atoms with Crippen molar-refractivity contribution in [3.8, 4) is 11.5 Å². The van der Waals surface area contributed by atoms with Crippen molar-refractivity contribution in [2.24, 2.45) is 0 Å². The Morgan fingerprint density at radius 2 is 1.84 bits per heavy atom. The monoisotopic (exact) mass is 262 g/mol. The molecule has 19 heavy (non-hydrogen) atoms. The molecule has 1 N–H and O–H groups in total. The highest BCUT2D eigenvalue weighted by molar-refractivity contribution is 5.83. The summed E-state index contributed by atoms with van der Waals surface area (Å²) < 4.78 is 16.1. The third-order valence-corrected chi connectivity index (χ3v) is 3.73. The fourth-order valence-electron chi connectivity index (χ4n) is 2.67. The van der Waals surface area contributed by atoms with Gasteiger partial charge in [-0.1, -0.05) is 5.16 Å². The van der Waals surface area contributed by atoms with Crippen LogP contribution in [0.4, 0.5) is 0 Å². The highest BCUT2D eigenvalue weighted by Crippen LogP contribution is 2.37. The summed E-state index contributed by atoms with van der Waals surface area (Å²) in [4.78, 5) is 0. The van der Waals surface area contributed by atoms with E-state index in [9.17, 15) is 0 Å². The molecule has 2 heterocycles. The van der Waals surface area contributed by atoms with Crippen LogP contribution in [-0.4, -0.2) is 32.5 Å². The molecule has 0 saturated carbocycles. The Hall–Kier alpha value is -1.75. The van der Waals surface area contributed by atoms with Crippen LogP contribution in [0.25, 0.3) is 11.0 Å². The van der Waals surface area contributed by atoms with Crippen LogP contribution in [0.15, 0.2) is 16.7 Å². The van der Waals surface area contributed by atoms with Gasteiger partial charge in [0.25, 0.3) is 0 Å². The van der Waals surface area contributed by atoms with Crippen molar-refractivity contribution < 1.29 is 14.0 Å². The number of methoxy groups -OCH3 is 2. The van der Waals surface area contributed by atoms with Crippen molar-refractivity contribution in [2.75, 3.05) is 27.3 Å². The molecule has 0 amide bonds. The Labute approximate surface area is 111 Å². The van der Waals surface area contributed by atoms with Gasteiger partial charge < -0.3 is 19.3 Å². The van der Waals surface area contributed by atoms with Crippen LogP contribution in [-0.2, 0) is 0 Å². The van der Waals surface area contributed by atoms with Crippen molar-refractivity contribution in [1.29, 1.82) is 0 Å². The number of hydrogen-bond donors (Lipinski definition) is 1. The largest absolute Gasteiger partial charge is 0.493 e. The molecule has 1 fully saturated rings. The maximum atomic E-state index is 5.44. The molecule has 3 rings (SSSR count). The van der Waals surface area contributed by atoms with Gasteiger partial charge in [-0.3, -0.25) is 0 Å². The second-order valence-corrected chi connectivity index (χ2v) is 4.80. The standard InChI is InChI=1S/C14H18N2O3/c1-17-12-7-10-11(8-13(12)18-2)19-16-14(10)9-3-5-15-6-4-9/h7-9,15H,3-6H2,1-2H3. The van der Waals surface area contributed by atoms with Gasteiger partial charge in [-0.25, -0.2) is 0 Å². The molecule has 5 nitrogen and oxygen atoms in total. The van der Waals surface area contributed by atoms with E-state index in [-0.39, 0.29) is 0 Å². The molecule has 1 aromatic heterocycles. The van der Waals surface area contributed by atoms with Crippen LogP contribution in [0.2, 0.25) is 0 Å². The average molecular weight is 262 g/mol. The molecular weight excluding hydrogens is 244 g/mol. The average Bonchev–Trinajstić information content (AvgIpc) is 2.89. The van der Waals surface area contributed by atoms with E-state index in [1.807, 2.05) is 12.1 Å². The highest BCUT2D eigenvalue weighted by atomic mass is 16.5. The normalized spacial score (nSPS) is 16.7. The van der Waals surface area contributed by atoms with Gasteiger partial charge in [-0.2, -0.15) is 0 Å². The number of nitrogens with zero attached hydrogens (tertiary/aromatic N) is 1. The summed E-state index contributed by atoms with van der Waals surface area (Å²) in [6.07, 6.45) is 2.19. The van der Waals surface area contributed by atoms with E-state index >= 15 is 0 Å². The lowest BCUT2D eigenvalue weighted by molar-refractivity contribution is 0.354. The fraction of sp³-hybridized carbons (Fsp3) is 0.500. The molecule has 0 spiro atoms. The van der Waals surface area contributed by atoms with Gasteiger partial charge in [-0.15, -0.1) is 0 Å². The van der Waals surface area contributed by atoms with E-state index in [1.54, 1.807) is 14.2 Å². The van der Waals surface area contributed by atoms with Crippen LogP contribution in [0.1, 0.15) is 24.5 Å². The summed E-state index contributed by atoms with van der Waals surface area (Å²) in [5.41, 5.74) is 1.80. The van der Waals surface area contributed by atoms with E-state index in [0.717, 1.165) is 42.6 Å². The molecule has 0 atom stereocenters. The van der Waals surface area contributed by atoms with Gasteiger partial charge in [0.15, 0.2) is 17.1 Å². The number of fused-ring (bicyclic) bond motifs is 1. The number of nitrogens with one attached hydrogen (secondary N) is 1. The van der Waals surface area contributed by atoms with E-state index in [4.69, 9.17) is 14.0 Å². The smallest absolute Gasteiger partial charge is 0.171 e. The van der Waals surface area contributed by atoms with E-state index in [1.165, 1.54) is 0 Å². The molecule has 1 saturated heterocycles. The van der Waals surface area contributed by atoms with Crippen molar-refractivity contribution in [1.82, 2.24) is 10.5 Å². The number of hydrogen-bond acceptors (Lipinski definition) is 5. The topological polar surface area (TPSA) is 56.5 Å². The Bertz CT molecular complexity index is 573. The summed E-state index contributed by atoms with van der Waals surface area (Å²) in [6.45, 7) is 2.07. The molecule has 1 aliphatic rings. The van der Waals surface area contributed by atoms with Crippen LogP contribution < -0.4 is 14.8 Å². The lowest BCUT2D eigenvalue weighted by atomic mass is 9.92. The Morgan fingerprint density at radius 3 is 2.53 bits per heavy atom. The van der Waals surface area contributed by atoms with Gasteiger partial charge in [0, 0.05) is 17.4 Å². The van der Waals surface area contributed by atoms with Crippen LogP contribution in [0.3, 0.4) is 0 Å². The first kappa shape index (κ1) is 12.3. The minimum atomic E-state index is 0.459. The molecule has 0 aliphatic carbocycles. The minimum absolute atomic E-state index is 0.459. The second kappa shape index (κ2) is 5.09. The molecule has 0 unspecified atom stereocenters. The van der Waals surface area contributed by atoms with Crippen LogP contribution in [0, 0.1) is 0 Å². The lowest BCUT2D eigenvalue weighted by Crippen LogP contribution is -2.26. The van der Waals surface area contributed by atoms with Gasteiger partial charge >= 0.3 is 0 Å². The van der Waals surface area contributed by atoms with Crippen LogP contribution in [0.5, 0.6) is 11.5 Å². The number of ether oxygens (including phenoxy) is 2. The third kappa shape index (κ3) is 2.14. The van der Waals surface area contributed by atoms with Crippen molar-refractivity contribution in [2.45, 2.75) is 18.8 Å². The third-order valence-electron chi connectivity index (χ3n) is 3.73. The molecule has 0 radical (unpaired) electrons. The Morgan fingerprint density at radius 1 is 1.16 bits per heavy atom. The summed E-state index contributed by atoms with van der Waals surface area (Å²) in [5, 5.41) is 8.65. The zero-order chi connectivity index (χ0) is 13.2. The zero-order valence-corrected chi connectivity index (χ0v) is 11.2. The quantitative estimate of drug-likeness (QED) is 0.920. The van der Waals surface area contributed by atoms with Crippen molar-refractivity contribution in [3.05, 3.63) is 17.8 Å². The second-order valence-electron chi connectivity index (χ2n) is 4.80. The Balaban J connectivity index is 2.06. The zero-order valence-electron chi connectivity index (χ0n) is 11.2. The molecule has 2 aromatic rings. The summed E-state index contributed by atoms with van der Waals surface area (Å²) >= 11 is 0. The fourth-order valence-corrected chi connectivity index (χ4v) is 2.67. The first-order chi connectivity index (χ1) is 9.33. The number of aromatic nitrogens is 1. The summed E-state index contributed by atoms with van der Waals surface area (Å²) in [7, 11) is 3.26. The van der Waals surface area contributed by atoms with Crippen molar-refractivity contribution >= 4 is 11.0 Å². The first-order valence-electron chi connectivity index (χ1n) is 6.55. The van der Waals surface area contributed by atoms with Crippen LogP contribution >= 0.6 is 0 Å². The predicted octanol–water partition coefficient (Wildman–Crippen LogP) is 2.31. The number of rotatable bonds is 3. The molecule has 0 bridgehead atoms. The molecule has 5 heteroatoms. The SMILES string of the molecule is COc1cc2onc(C3CCNCC3)c2cc1OC. The van der Waals surface area contributed by atoms with Gasteiger partial charge in [0.2, 0.25) is 0 Å². The highest BCUT2D eigenvalue weighted by Gasteiger charge is 2.22. The predicted molar refractivity (Wildman–Crippen MR) is 72.0 cm³/mol. The molecule has 1 aliphatic heterocycles. The van der Waals surface area contributed by atoms with E-state index < -0.39 is 0 Å². The minimum Gasteiger partial charge on any atom is -0.493 e. The van der Waals surface area contributed by atoms with Gasteiger partial charge in [0.1, 0.15) is 0 Å². The maximum absolute atomic E-state index is 5.44. The number of piperidine rings is 1. The lowest BCUT2D eigenvalue weighted by Gasteiger charge is -2.20.